The standard InChI is InChI=1S/C16H22N6O2/c23-14-8-12-9-22(10-13(12)19-14)15(24)11-20-4-6-21(7-5-20)16-17-2-1-3-18-16/h1-3,12-13H,4-11H2,(H,19,23)/t12-,13+/m0/s1. The number of rotatable bonds is 3. The van der Waals surface area contributed by atoms with Crippen molar-refractivity contribution in [1.82, 2.24) is 25.1 Å². The first kappa shape index (κ1) is 15.3. The molecule has 1 N–H and O–H groups in total. The molecule has 24 heavy (non-hydrogen) atoms. The highest BCUT2D eigenvalue weighted by atomic mass is 16.2. The van der Waals surface area contributed by atoms with E-state index in [1.54, 1.807) is 12.4 Å². The van der Waals surface area contributed by atoms with Crippen LogP contribution in [0.3, 0.4) is 0 Å². The summed E-state index contributed by atoms with van der Waals surface area (Å²) in [5.41, 5.74) is 0. The van der Waals surface area contributed by atoms with Gasteiger partial charge in [-0.25, -0.2) is 9.97 Å². The van der Waals surface area contributed by atoms with E-state index in [-0.39, 0.29) is 17.9 Å². The van der Waals surface area contributed by atoms with Crippen LogP contribution >= 0.6 is 0 Å². The van der Waals surface area contributed by atoms with Crippen LogP contribution < -0.4 is 10.2 Å². The van der Waals surface area contributed by atoms with Crippen LogP contribution in [0.2, 0.25) is 0 Å². The van der Waals surface area contributed by atoms with E-state index in [9.17, 15) is 9.59 Å². The van der Waals surface area contributed by atoms with Gasteiger partial charge in [0.2, 0.25) is 17.8 Å². The second kappa shape index (κ2) is 6.35. The molecule has 1 aromatic rings. The van der Waals surface area contributed by atoms with Crippen LogP contribution in [0.4, 0.5) is 5.95 Å². The predicted molar refractivity (Wildman–Crippen MR) is 87.3 cm³/mol. The Morgan fingerprint density at radius 1 is 1.17 bits per heavy atom. The SMILES string of the molecule is O=C1C[C@H]2CN(C(=O)CN3CCN(c4ncccn4)CC3)C[C@H]2N1. The molecule has 3 aliphatic rings. The van der Waals surface area contributed by atoms with E-state index in [1.165, 1.54) is 0 Å². The first-order valence-corrected chi connectivity index (χ1v) is 8.50. The lowest BCUT2D eigenvalue weighted by molar-refractivity contribution is -0.132. The van der Waals surface area contributed by atoms with Gasteiger partial charge in [-0.2, -0.15) is 0 Å². The van der Waals surface area contributed by atoms with Crippen LogP contribution in [-0.4, -0.2) is 83.4 Å². The second-order valence-corrected chi connectivity index (χ2v) is 6.75. The van der Waals surface area contributed by atoms with E-state index < -0.39 is 0 Å². The number of hydrogen-bond donors (Lipinski definition) is 1. The van der Waals surface area contributed by atoms with Gasteiger partial charge < -0.3 is 15.1 Å². The molecule has 4 rings (SSSR count). The topological polar surface area (TPSA) is 81.7 Å². The summed E-state index contributed by atoms with van der Waals surface area (Å²) in [7, 11) is 0. The monoisotopic (exact) mass is 330 g/mol. The molecule has 0 spiro atoms. The van der Waals surface area contributed by atoms with Gasteiger partial charge in [0, 0.05) is 64.0 Å². The fourth-order valence-electron chi connectivity index (χ4n) is 3.80. The van der Waals surface area contributed by atoms with E-state index >= 15 is 0 Å². The van der Waals surface area contributed by atoms with Crippen LogP contribution in [0.5, 0.6) is 0 Å². The molecule has 2 atom stereocenters. The summed E-state index contributed by atoms with van der Waals surface area (Å²) in [6.07, 6.45) is 4.06. The molecule has 2 amide bonds. The molecule has 0 bridgehead atoms. The molecule has 4 heterocycles. The van der Waals surface area contributed by atoms with E-state index in [1.807, 2.05) is 11.0 Å². The Kier molecular flexibility index (Phi) is 4.05. The van der Waals surface area contributed by atoms with Gasteiger partial charge in [-0.05, 0) is 6.07 Å². The van der Waals surface area contributed by atoms with Crippen molar-refractivity contribution in [3.05, 3.63) is 18.5 Å². The predicted octanol–water partition coefficient (Wildman–Crippen LogP) is -1.05. The third-order valence-corrected chi connectivity index (χ3v) is 5.15. The molecule has 0 aromatic carbocycles. The lowest BCUT2D eigenvalue weighted by Crippen LogP contribution is -2.50. The Hall–Kier alpha value is -2.22. The van der Waals surface area contributed by atoms with Gasteiger partial charge >= 0.3 is 0 Å². The molecule has 3 saturated heterocycles. The third-order valence-electron chi connectivity index (χ3n) is 5.15. The summed E-state index contributed by atoms with van der Waals surface area (Å²) in [6, 6.07) is 1.97. The minimum Gasteiger partial charge on any atom is -0.351 e. The van der Waals surface area contributed by atoms with Crippen LogP contribution in [0, 0.1) is 5.92 Å². The summed E-state index contributed by atoms with van der Waals surface area (Å²) in [5, 5.41) is 2.96. The van der Waals surface area contributed by atoms with Crippen molar-refractivity contribution >= 4 is 17.8 Å². The summed E-state index contributed by atoms with van der Waals surface area (Å²) in [6.45, 7) is 5.16. The van der Waals surface area contributed by atoms with Gasteiger partial charge in [0.1, 0.15) is 0 Å². The van der Waals surface area contributed by atoms with Crippen molar-refractivity contribution in [3.63, 3.8) is 0 Å². The van der Waals surface area contributed by atoms with Crippen LogP contribution in [-0.2, 0) is 9.59 Å². The van der Waals surface area contributed by atoms with Gasteiger partial charge in [0.15, 0.2) is 0 Å². The van der Waals surface area contributed by atoms with Crippen LogP contribution in [0.25, 0.3) is 0 Å². The number of amides is 2. The number of piperazine rings is 1. The number of hydrogen-bond acceptors (Lipinski definition) is 6. The summed E-state index contributed by atoms with van der Waals surface area (Å²) in [4.78, 5) is 38.7. The largest absolute Gasteiger partial charge is 0.351 e. The minimum absolute atomic E-state index is 0.122. The maximum atomic E-state index is 12.5. The Labute approximate surface area is 140 Å². The summed E-state index contributed by atoms with van der Waals surface area (Å²) >= 11 is 0. The van der Waals surface area contributed by atoms with Gasteiger partial charge in [-0.3, -0.25) is 14.5 Å². The van der Waals surface area contributed by atoms with Gasteiger partial charge in [-0.15, -0.1) is 0 Å². The first-order chi connectivity index (χ1) is 11.7. The smallest absolute Gasteiger partial charge is 0.236 e. The number of nitrogens with zero attached hydrogens (tertiary/aromatic N) is 5. The summed E-state index contributed by atoms with van der Waals surface area (Å²) in [5.74, 6) is 1.35. The fraction of sp³-hybridized carbons (Fsp3) is 0.625. The number of anilines is 1. The molecule has 0 aliphatic carbocycles. The molecule has 8 nitrogen and oxygen atoms in total. The Bertz CT molecular complexity index is 600. The zero-order chi connectivity index (χ0) is 16.5. The average Bonchev–Trinajstić information content (AvgIpc) is 3.14. The third kappa shape index (κ3) is 3.06. The van der Waals surface area contributed by atoms with Gasteiger partial charge in [0.05, 0.1) is 12.6 Å². The second-order valence-electron chi connectivity index (χ2n) is 6.75. The molecule has 3 aliphatic heterocycles. The molecule has 3 fully saturated rings. The molecule has 0 unspecified atom stereocenters. The zero-order valence-corrected chi connectivity index (χ0v) is 13.6. The van der Waals surface area contributed by atoms with Crippen LogP contribution in [0.15, 0.2) is 18.5 Å². The molecule has 1 aromatic heterocycles. The van der Waals surface area contributed by atoms with Crippen molar-refractivity contribution < 1.29 is 9.59 Å². The van der Waals surface area contributed by atoms with E-state index in [0.29, 0.717) is 32.0 Å². The number of carbonyl (C=O) groups is 2. The zero-order valence-electron chi connectivity index (χ0n) is 13.6. The van der Waals surface area contributed by atoms with Crippen LogP contribution in [0.1, 0.15) is 6.42 Å². The molecule has 0 saturated carbocycles. The molecular formula is C16H22N6O2. The van der Waals surface area contributed by atoms with Crippen molar-refractivity contribution in [1.29, 1.82) is 0 Å². The molecule has 8 heteroatoms. The molecule has 128 valence electrons. The van der Waals surface area contributed by atoms with Crippen molar-refractivity contribution in [3.8, 4) is 0 Å². The highest BCUT2D eigenvalue weighted by Gasteiger charge is 2.41. The maximum absolute atomic E-state index is 12.5. The Balaban J connectivity index is 1.25. The highest BCUT2D eigenvalue weighted by molar-refractivity contribution is 5.82. The number of likely N-dealkylation sites (tertiary alicyclic amines) is 1. The average molecular weight is 330 g/mol. The first-order valence-electron chi connectivity index (χ1n) is 8.50. The minimum atomic E-state index is 0.122. The van der Waals surface area contributed by atoms with Crippen molar-refractivity contribution in [2.75, 3.05) is 50.7 Å². The normalized spacial score (nSPS) is 27.2. The Morgan fingerprint density at radius 2 is 1.92 bits per heavy atom. The molecule has 0 radical (unpaired) electrons. The number of carbonyl (C=O) groups excluding carboxylic acids is 2. The van der Waals surface area contributed by atoms with E-state index in [0.717, 1.165) is 32.1 Å². The lowest BCUT2D eigenvalue weighted by atomic mass is 10.1. The van der Waals surface area contributed by atoms with E-state index in [2.05, 4.69) is 25.1 Å². The summed E-state index contributed by atoms with van der Waals surface area (Å²) < 4.78 is 0. The Morgan fingerprint density at radius 3 is 2.62 bits per heavy atom. The quantitative estimate of drug-likeness (QED) is 0.761. The number of aromatic nitrogens is 2. The van der Waals surface area contributed by atoms with Crippen molar-refractivity contribution in [2.24, 2.45) is 5.92 Å². The van der Waals surface area contributed by atoms with Crippen molar-refractivity contribution in [2.45, 2.75) is 12.5 Å². The van der Waals surface area contributed by atoms with Gasteiger partial charge in [-0.1, -0.05) is 0 Å². The fourth-order valence-corrected chi connectivity index (χ4v) is 3.80. The molecular weight excluding hydrogens is 308 g/mol. The number of nitrogens with one attached hydrogen (secondary N) is 1. The number of fused-ring (bicyclic) bond motifs is 1. The lowest BCUT2D eigenvalue weighted by Gasteiger charge is -2.35. The maximum Gasteiger partial charge on any atom is 0.236 e. The highest BCUT2D eigenvalue weighted by Crippen LogP contribution is 2.25. The van der Waals surface area contributed by atoms with E-state index in [4.69, 9.17) is 0 Å². The van der Waals surface area contributed by atoms with Gasteiger partial charge in [0.25, 0.3) is 0 Å².